The van der Waals surface area contributed by atoms with Crippen molar-refractivity contribution in [3.05, 3.63) is 92.1 Å². The van der Waals surface area contributed by atoms with Crippen molar-refractivity contribution in [2.75, 3.05) is 5.75 Å². The molecule has 0 saturated heterocycles. The lowest BCUT2D eigenvalue weighted by molar-refractivity contribution is 0.103. The fourth-order valence-electron chi connectivity index (χ4n) is 3.79. The van der Waals surface area contributed by atoms with Gasteiger partial charge in [-0.3, -0.25) is 9.59 Å². The molecule has 1 aromatic heterocycles. The van der Waals surface area contributed by atoms with Crippen LogP contribution in [0.1, 0.15) is 54.7 Å². The van der Waals surface area contributed by atoms with Crippen LogP contribution in [-0.2, 0) is 34.0 Å². The van der Waals surface area contributed by atoms with Gasteiger partial charge in [0.15, 0.2) is 15.6 Å². The standard InChI is InChI=1S/C28H30ClFN2O6S/c1-6-39(36,37)16-17-7-9-20(26(34)21-10-8-19(30)13-24(21)29)22(11-17)23-14-32(5)25(33)12-18(23)15-38-27(35)31-28(2,3)4/h7-14H,6,15-16H2,1-5H3,(H,31,35). The molecule has 3 rings (SSSR count). The summed E-state index contributed by atoms with van der Waals surface area (Å²) in [7, 11) is -1.89. The number of halogens is 2. The maximum absolute atomic E-state index is 13.7. The van der Waals surface area contributed by atoms with Gasteiger partial charge in [0, 0.05) is 52.9 Å². The summed E-state index contributed by atoms with van der Waals surface area (Å²) in [5.41, 5.74) is 0.637. The van der Waals surface area contributed by atoms with Crippen molar-refractivity contribution in [1.29, 1.82) is 0 Å². The van der Waals surface area contributed by atoms with E-state index in [1.807, 2.05) is 0 Å². The van der Waals surface area contributed by atoms with Crippen molar-refractivity contribution in [3.8, 4) is 11.1 Å². The number of ether oxygens (including phenoxy) is 1. The lowest BCUT2D eigenvalue weighted by Crippen LogP contribution is -2.40. The Hall–Kier alpha value is -3.50. The van der Waals surface area contributed by atoms with E-state index in [1.54, 1.807) is 26.8 Å². The largest absolute Gasteiger partial charge is 0.445 e. The molecule has 0 fully saturated rings. The number of ketones is 1. The Bertz CT molecular complexity index is 1590. The maximum atomic E-state index is 13.7. The predicted octanol–water partition coefficient (Wildman–Crippen LogP) is 5.04. The summed E-state index contributed by atoms with van der Waals surface area (Å²) < 4.78 is 45.0. The molecule has 11 heteroatoms. The summed E-state index contributed by atoms with van der Waals surface area (Å²) in [5, 5.41) is 2.58. The zero-order valence-electron chi connectivity index (χ0n) is 22.3. The number of nitrogens with one attached hydrogen (secondary N) is 1. The summed E-state index contributed by atoms with van der Waals surface area (Å²) in [4.78, 5) is 38.5. The van der Waals surface area contributed by atoms with Crippen LogP contribution in [0.5, 0.6) is 0 Å². The molecule has 2 aromatic carbocycles. The molecule has 39 heavy (non-hydrogen) atoms. The number of pyridine rings is 1. The maximum Gasteiger partial charge on any atom is 0.407 e. The van der Waals surface area contributed by atoms with Crippen molar-refractivity contribution in [2.24, 2.45) is 7.05 Å². The van der Waals surface area contributed by atoms with Gasteiger partial charge in [0.1, 0.15) is 12.4 Å². The highest BCUT2D eigenvalue weighted by Gasteiger charge is 2.23. The molecule has 8 nitrogen and oxygen atoms in total. The van der Waals surface area contributed by atoms with Gasteiger partial charge in [-0.05, 0) is 56.2 Å². The fraction of sp³-hybridized carbons (Fsp3) is 0.321. The van der Waals surface area contributed by atoms with E-state index in [9.17, 15) is 27.2 Å². The Morgan fingerprint density at radius 1 is 1.05 bits per heavy atom. The second-order valence-electron chi connectivity index (χ2n) is 10.1. The van der Waals surface area contributed by atoms with Gasteiger partial charge in [-0.1, -0.05) is 30.7 Å². The summed E-state index contributed by atoms with van der Waals surface area (Å²) in [6, 6.07) is 9.23. The van der Waals surface area contributed by atoms with Gasteiger partial charge >= 0.3 is 6.09 Å². The summed E-state index contributed by atoms with van der Waals surface area (Å²) in [6.07, 6.45) is 0.783. The van der Waals surface area contributed by atoms with E-state index in [2.05, 4.69) is 5.32 Å². The molecule has 208 valence electrons. The molecule has 1 heterocycles. The zero-order chi connectivity index (χ0) is 29.1. The summed E-state index contributed by atoms with van der Waals surface area (Å²) in [6.45, 7) is 6.59. The summed E-state index contributed by atoms with van der Waals surface area (Å²) >= 11 is 6.17. The number of amides is 1. The lowest BCUT2D eigenvalue weighted by atomic mass is 9.91. The molecule has 0 unspecified atom stereocenters. The van der Waals surface area contributed by atoms with Gasteiger partial charge in [0.25, 0.3) is 5.56 Å². The van der Waals surface area contributed by atoms with Crippen LogP contribution in [0.3, 0.4) is 0 Å². The number of hydrogen-bond acceptors (Lipinski definition) is 6. The number of nitrogens with zero attached hydrogens (tertiary/aromatic N) is 1. The molecule has 0 saturated carbocycles. The normalized spacial score (nSPS) is 11.8. The number of aromatic nitrogens is 1. The Morgan fingerprint density at radius 3 is 2.33 bits per heavy atom. The minimum absolute atomic E-state index is 0.0421. The van der Waals surface area contributed by atoms with Crippen molar-refractivity contribution in [3.63, 3.8) is 0 Å². The first-order valence-corrected chi connectivity index (χ1v) is 14.3. The number of carbonyl (C=O) groups is 2. The molecule has 3 aromatic rings. The summed E-state index contributed by atoms with van der Waals surface area (Å²) in [5.74, 6) is -1.49. The minimum Gasteiger partial charge on any atom is -0.445 e. The van der Waals surface area contributed by atoms with Crippen LogP contribution in [0.25, 0.3) is 11.1 Å². The SMILES string of the molecule is CCS(=O)(=O)Cc1ccc(C(=O)c2ccc(F)cc2Cl)c(-c2cn(C)c(=O)cc2COC(=O)NC(C)(C)C)c1. The second-order valence-corrected chi connectivity index (χ2v) is 12.9. The van der Waals surface area contributed by atoms with Gasteiger partial charge in [0.05, 0.1) is 10.8 Å². The van der Waals surface area contributed by atoms with Crippen LogP contribution in [0, 0.1) is 5.82 Å². The fourth-order valence-corrected chi connectivity index (χ4v) is 4.94. The molecule has 0 spiro atoms. The van der Waals surface area contributed by atoms with E-state index < -0.39 is 33.1 Å². The molecular weight excluding hydrogens is 547 g/mol. The van der Waals surface area contributed by atoms with Crippen molar-refractivity contribution >= 4 is 33.3 Å². The first kappa shape index (κ1) is 30.0. The number of alkyl carbamates (subject to hydrolysis) is 1. The molecular formula is C28H30ClFN2O6S. The quantitative estimate of drug-likeness (QED) is 0.376. The second kappa shape index (κ2) is 11.7. The molecule has 1 amide bonds. The first-order valence-electron chi connectivity index (χ1n) is 12.1. The Labute approximate surface area is 231 Å². The van der Waals surface area contributed by atoms with Crippen LogP contribution >= 0.6 is 11.6 Å². The highest BCUT2D eigenvalue weighted by molar-refractivity contribution is 7.90. The van der Waals surface area contributed by atoms with Gasteiger partial charge in [0.2, 0.25) is 0 Å². The van der Waals surface area contributed by atoms with Crippen LogP contribution in [0.4, 0.5) is 9.18 Å². The Kier molecular flexibility index (Phi) is 9.02. The average Bonchev–Trinajstić information content (AvgIpc) is 2.83. The van der Waals surface area contributed by atoms with Crippen LogP contribution in [-0.4, -0.2) is 36.2 Å². The monoisotopic (exact) mass is 576 g/mol. The number of hydrogen-bond donors (Lipinski definition) is 1. The van der Waals surface area contributed by atoms with Crippen molar-refractivity contribution < 1.29 is 27.1 Å². The third-order valence-corrected chi connectivity index (χ3v) is 7.74. The van der Waals surface area contributed by atoms with Gasteiger partial charge in [-0.25, -0.2) is 17.6 Å². The van der Waals surface area contributed by atoms with Crippen LogP contribution in [0.2, 0.25) is 5.02 Å². The third kappa shape index (κ3) is 7.77. The number of aryl methyl sites for hydroxylation is 1. The number of benzene rings is 2. The van der Waals surface area contributed by atoms with E-state index in [0.29, 0.717) is 22.3 Å². The van der Waals surface area contributed by atoms with Gasteiger partial charge < -0.3 is 14.6 Å². The van der Waals surface area contributed by atoms with Crippen molar-refractivity contribution in [2.45, 2.75) is 45.6 Å². The van der Waals surface area contributed by atoms with Crippen LogP contribution < -0.4 is 10.9 Å². The Morgan fingerprint density at radius 2 is 1.72 bits per heavy atom. The Balaban J connectivity index is 2.20. The highest BCUT2D eigenvalue weighted by Crippen LogP contribution is 2.32. The zero-order valence-corrected chi connectivity index (χ0v) is 23.9. The van der Waals surface area contributed by atoms with Crippen LogP contribution in [0.15, 0.2) is 53.5 Å². The molecule has 0 aliphatic rings. The molecule has 0 atom stereocenters. The van der Waals surface area contributed by atoms with E-state index in [4.69, 9.17) is 16.3 Å². The molecule has 0 bridgehead atoms. The van der Waals surface area contributed by atoms with Gasteiger partial charge in [-0.15, -0.1) is 0 Å². The average molecular weight is 577 g/mol. The molecule has 0 aliphatic carbocycles. The molecule has 0 radical (unpaired) electrons. The number of rotatable bonds is 8. The smallest absolute Gasteiger partial charge is 0.407 e. The first-order chi connectivity index (χ1) is 18.1. The van der Waals surface area contributed by atoms with E-state index >= 15 is 0 Å². The third-order valence-electron chi connectivity index (χ3n) is 5.77. The molecule has 1 N–H and O–H groups in total. The van der Waals surface area contributed by atoms with Gasteiger partial charge in [-0.2, -0.15) is 0 Å². The minimum atomic E-state index is -3.41. The van der Waals surface area contributed by atoms with Crippen molar-refractivity contribution in [1.82, 2.24) is 9.88 Å². The van der Waals surface area contributed by atoms with E-state index in [-0.39, 0.29) is 39.8 Å². The molecule has 0 aliphatic heterocycles. The predicted molar refractivity (Wildman–Crippen MR) is 148 cm³/mol. The van der Waals surface area contributed by atoms with E-state index in [0.717, 1.165) is 12.1 Å². The topological polar surface area (TPSA) is 112 Å². The number of sulfone groups is 1. The van der Waals surface area contributed by atoms with E-state index in [1.165, 1.54) is 49.0 Å². The lowest BCUT2D eigenvalue weighted by Gasteiger charge is -2.21. The number of carbonyl (C=O) groups excluding carboxylic acids is 2. The highest BCUT2D eigenvalue weighted by atomic mass is 35.5.